The summed E-state index contributed by atoms with van der Waals surface area (Å²) in [6, 6.07) is 11.1. The van der Waals surface area contributed by atoms with Crippen molar-refractivity contribution >= 4 is 5.69 Å². The van der Waals surface area contributed by atoms with Gasteiger partial charge in [0.05, 0.1) is 12.2 Å². The second-order valence-corrected chi connectivity index (χ2v) is 9.96. The summed E-state index contributed by atoms with van der Waals surface area (Å²) < 4.78 is 0. The van der Waals surface area contributed by atoms with Gasteiger partial charge in [-0.3, -0.25) is 0 Å². The quantitative estimate of drug-likeness (QED) is 0.683. The van der Waals surface area contributed by atoms with Crippen LogP contribution in [0, 0.1) is 0 Å². The van der Waals surface area contributed by atoms with Crippen molar-refractivity contribution in [1.82, 2.24) is 15.1 Å². The molecule has 166 valence electrons. The van der Waals surface area contributed by atoms with Gasteiger partial charge in [0.1, 0.15) is 0 Å². The topological polar surface area (TPSA) is 30.5 Å². The molecule has 4 heteroatoms. The Kier molecular flexibility index (Phi) is 5.86. The maximum atomic E-state index is 4.00. The summed E-state index contributed by atoms with van der Waals surface area (Å²) in [6.45, 7) is 10.5. The van der Waals surface area contributed by atoms with E-state index in [-0.39, 0.29) is 0 Å². The van der Waals surface area contributed by atoms with Gasteiger partial charge in [-0.1, -0.05) is 30.9 Å². The number of allylic oxidation sites excluding steroid dienone is 1. The molecule has 1 aromatic carbocycles. The van der Waals surface area contributed by atoms with E-state index in [4.69, 9.17) is 0 Å². The molecule has 0 saturated carbocycles. The Morgan fingerprint density at radius 3 is 2.61 bits per heavy atom. The van der Waals surface area contributed by atoms with E-state index in [1.165, 1.54) is 69.4 Å². The lowest BCUT2D eigenvalue weighted by Crippen LogP contribution is -2.54. The van der Waals surface area contributed by atoms with E-state index < -0.39 is 0 Å². The van der Waals surface area contributed by atoms with Gasteiger partial charge in [0.2, 0.25) is 0 Å². The van der Waals surface area contributed by atoms with Gasteiger partial charge in [0.15, 0.2) is 0 Å². The Balaban J connectivity index is 1.23. The van der Waals surface area contributed by atoms with Gasteiger partial charge in [-0.25, -0.2) is 0 Å². The lowest BCUT2D eigenvalue weighted by molar-refractivity contribution is 0.0468. The van der Waals surface area contributed by atoms with Crippen LogP contribution in [0.15, 0.2) is 54.5 Å². The largest absolute Gasteiger partial charge is 0.385 e. The van der Waals surface area contributed by atoms with Gasteiger partial charge in [0.25, 0.3) is 0 Å². The van der Waals surface area contributed by atoms with E-state index in [1.54, 1.807) is 5.56 Å². The minimum atomic E-state index is 0.398. The van der Waals surface area contributed by atoms with Crippen LogP contribution in [0.1, 0.15) is 57.4 Å². The first-order chi connectivity index (χ1) is 15.2. The lowest BCUT2D eigenvalue weighted by Gasteiger charge is -2.50. The minimum absolute atomic E-state index is 0.398. The number of piperidine rings is 2. The van der Waals surface area contributed by atoms with Gasteiger partial charge < -0.3 is 20.4 Å². The number of rotatable bonds is 5. The van der Waals surface area contributed by atoms with E-state index in [1.807, 2.05) is 19.2 Å². The molecular formula is C27H38N4. The maximum Gasteiger partial charge on any atom is 0.0757 e. The van der Waals surface area contributed by atoms with Crippen molar-refractivity contribution in [2.75, 3.05) is 31.5 Å². The average molecular weight is 419 g/mol. The molecule has 31 heavy (non-hydrogen) atoms. The van der Waals surface area contributed by atoms with Crippen molar-refractivity contribution in [3.05, 3.63) is 60.1 Å². The van der Waals surface area contributed by atoms with E-state index >= 15 is 0 Å². The second kappa shape index (κ2) is 8.76. The van der Waals surface area contributed by atoms with Crippen LogP contribution >= 0.6 is 0 Å². The Morgan fingerprint density at radius 2 is 1.90 bits per heavy atom. The fourth-order valence-electron chi connectivity index (χ4n) is 6.91. The molecule has 0 aromatic heterocycles. The van der Waals surface area contributed by atoms with E-state index in [0.717, 1.165) is 19.1 Å². The number of fused-ring (bicyclic) bond motifs is 4. The lowest BCUT2D eigenvalue weighted by atomic mass is 9.68. The van der Waals surface area contributed by atoms with Crippen molar-refractivity contribution in [1.29, 1.82) is 0 Å². The fraction of sp³-hybridized carbons (Fsp3) is 0.593. The number of anilines is 1. The maximum absolute atomic E-state index is 4.00. The molecule has 3 saturated heterocycles. The van der Waals surface area contributed by atoms with Crippen LogP contribution in [0.4, 0.5) is 5.69 Å². The molecule has 4 nitrogen and oxygen atoms in total. The highest BCUT2D eigenvalue weighted by molar-refractivity contribution is 5.57. The third-order valence-corrected chi connectivity index (χ3v) is 8.47. The van der Waals surface area contributed by atoms with E-state index in [9.17, 15) is 0 Å². The summed E-state index contributed by atoms with van der Waals surface area (Å²) in [5.74, 6) is 0. The molecule has 2 unspecified atom stereocenters. The molecule has 5 rings (SSSR count). The number of hydrogen-bond donors (Lipinski definition) is 2. The molecule has 4 aliphatic rings. The highest BCUT2D eigenvalue weighted by atomic mass is 15.3. The monoisotopic (exact) mass is 418 g/mol. The van der Waals surface area contributed by atoms with Crippen LogP contribution in [0.2, 0.25) is 0 Å². The fourth-order valence-corrected chi connectivity index (χ4v) is 6.91. The molecule has 0 amide bonds. The van der Waals surface area contributed by atoms with Gasteiger partial charge in [-0.05, 0) is 82.8 Å². The zero-order valence-corrected chi connectivity index (χ0v) is 19.1. The Bertz CT molecular complexity index is 846. The van der Waals surface area contributed by atoms with Gasteiger partial charge in [-0.15, -0.1) is 5.73 Å². The second-order valence-electron chi connectivity index (χ2n) is 9.96. The van der Waals surface area contributed by atoms with Crippen LogP contribution in [0.5, 0.6) is 0 Å². The predicted octanol–water partition coefficient (Wildman–Crippen LogP) is 4.62. The summed E-state index contributed by atoms with van der Waals surface area (Å²) in [5.41, 5.74) is 7.86. The molecule has 1 aromatic rings. The highest BCUT2D eigenvalue weighted by Gasteiger charge is 2.46. The molecule has 0 aliphatic carbocycles. The van der Waals surface area contributed by atoms with Crippen LogP contribution in [-0.4, -0.2) is 54.1 Å². The number of nitrogens with one attached hydrogen (secondary N) is 2. The average Bonchev–Trinajstić information content (AvgIpc) is 3.06. The molecule has 4 aliphatic heterocycles. The molecular weight excluding hydrogens is 380 g/mol. The summed E-state index contributed by atoms with van der Waals surface area (Å²) >= 11 is 0. The number of benzene rings is 1. The van der Waals surface area contributed by atoms with Gasteiger partial charge >= 0.3 is 0 Å². The van der Waals surface area contributed by atoms with Crippen molar-refractivity contribution < 1.29 is 0 Å². The van der Waals surface area contributed by atoms with Crippen LogP contribution in [0.3, 0.4) is 0 Å². The number of nitrogens with zero attached hydrogens (tertiary/aromatic N) is 2. The molecule has 3 fully saturated rings. The molecule has 0 radical (unpaired) electrons. The third-order valence-electron chi connectivity index (χ3n) is 8.47. The first-order valence-corrected chi connectivity index (χ1v) is 12.3. The Labute approximate surface area is 188 Å². The summed E-state index contributed by atoms with van der Waals surface area (Å²) in [7, 11) is 0. The third kappa shape index (κ3) is 3.81. The first-order valence-electron chi connectivity index (χ1n) is 12.3. The minimum Gasteiger partial charge on any atom is -0.385 e. The first kappa shape index (κ1) is 20.7. The van der Waals surface area contributed by atoms with Crippen molar-refractivity contribution in [3.63, 3.8) is 0 Å². The molecule has 2 N–H and O–H groups in total. The SMILES string of the molecule is C=C=C(CN/C=C\C)N1C2CCC1CC(N1CCC3(CCNc4ccccc43)CC1)C2. The number of para-hydroxylation sites is 1. The molecule has 4 heterocycles. The zero-order valence-electron chi connectivity index (χ0n) is 19.1. The smallest absolute Gasteiger partial charge is 0.0757 e. The van der Waals surface area contributed by atoms with Crippen LogP contribution in [-0.2, 0) is 5.41 Å². The van der Waals surface area contributed by atoms with Crippen molar-refractivity contribution in [3.8, 4) is 0 Å². The summed E-state index contributed by atoms with van der Waals surface area (Å²) in [4.78, 5) is 5.50. The Morgan fingerprint density at radius 1 is 1.16 bits per heavy atom. The molecule has 2 atom stereocenters. The van der Waals surface area contributed by atoms with Gasteiger partial charge in [0, 0.05) is 35.8 Å². The molecule has 2 bridgehead atoms. The zero-order chi connectivity index (χ0) is 21.3. The highest BCUT2D eigenvalue weighted by Crippen LogP contribution is 2.46. The van der Waals surface area contributed by atoms with Crippen molar-refractivity contribution in [2.24, 2.45) is 0 Å². The predicted molar refractivity (Wildman–Crippen MR) is 129 cm³/mol. The summed E-state index contributed by atoms with van der Waals surface area (Å²) in [6.07, 6.45) is 13.2. The van der Waals surface area contributed by atoms with E-state index in [2.05, 4.69) is 57.0 Å². The van der Waals surface area contributed by atoms with Crippen LogP contribution in [0.25, 0.3) is 0 Å². The van der Waals surface area contributed by atoms with Gasteiger partial charge in [-0.2, -0.15) is 0 Å². The van der Waals surface area contributed by atoms with E-state index in [0.29, 0.717) is 17.5 Å². The van der Waals surface area contributed by atoms with Crippen LogP contribution < -0.4 is 10.6 Å². The number of hydrogen-bond acceptors (Lipinski definition) is 4. The Hall–Kier alpha value is -2.16. The summed E-state index contributed by atoms with van der Waals surface area (Å²) in [5, 5.41) is 7.02. The molecule has 1 spiro atoms. The normalized spacial score (nSPS) is 29.5. The standard InChI is InChI=1S/C27H38N4/c1-3-14-28-20-21(4-2)31-22-9-10-23(31)19-24(18-22)30-16-12-27(13-17-30)11-15-29-26-8-6-5-7-25(26)27/h3,5-8,14,22-24,28-29H,2,9-13,15-20H2,1H3/b14-3-. The number of likely N-dealkylation sites (tertiary alicyclic amines) is 1. The van der Waals surface area contributed by atoms with Crippen molar-refractivity contribution in [2.45, 2.75) is 75.4 Å².